The Balaban J connectivity index is 1.45. The average Bonchev–Trinajstić information content (AvgIpc) is 2.92. The van der Waals surface area contributed by atoms with Crippen molar-refractivity contribution < 1.29 is 12.8 Å². The lowest BCUT2D eigenvalue weighted by atomic mass is 9.75. The number of alkyl halides is 1. The van der Waals surface area contributed by atoms with Gasteiger partial charge in [-0.05, 0) is 87.2 Å². The zero-order valence-electron chi connectivity index (χ0n) is 22.6. The summed E-state index contributed by atoms with van der Waals surface area (Å²) in [5.74, 6) is -0.0279. The van der Waals surface area contributed by atoms with Gasteiger partial charge in [-0.25, -0.2) is 27.9 Å². The number of sulfonamides is 1. The molecule has 0 aliphatic heterocycles. The van der Waals surface area contributed by atoms with E-state index in [-0.39, 0.29) is 4.90 Å². The maximum Gasteiger partial charge on any atom is 0.238 e. The molecule has 0 saturated heterocycles. The number of anilines is 1. The predicted octanol–water partition coefficient (Wildman–Crippen LogP) is 5.20. The topological polar surface area (TPSA) is 101 Å². The standard InChI is InChI=1S/C30H36FN5O2S/c1-4-20-17-23(30(31)16-6-5-7-27(30)21-8-14-26(15-9-21)39(32,37)38)18-22-19-33-29(35-28(20)22)34-24-10-12-25(13-11-24)36(2)3/h5-9,14-19,24-25,27H,4,10-13H2,1-3H3,(H2,32,37,38)(H,33,34,35). The first-order valence-electron chi connectivity index (χ1n) is 13.5. The monoisotopic (exact) mass is 549 g/mol. The van der Waals surface area contributed by atoms with E-state index >= 15 is 4.39 Å². The number of hydrogen-bond donors (Lipinski definition) is 2. The normalized spacial score (nSPS) is 25.3. The lowest BCUT2D eigenvalue weighted by Gasteiger charge is -2.33. The van der Waals surface area contributed by atoms with Gasteiger partial charge < -0.3 is 10.2 Å². The van der Waals surface area contributed by atoms with Crippen LogP contribution < -0.4 is 10.5 Å². The molecule has 2 unspecified atom stereocenters. The highest BCUT2D eigenvalue weighted by Crippen LogP contribution is 2.46. The SMILES string of the molecule is CCc1cc(C2(F)C=CC=CC2c2ccc(S(N)(=O)=O)cc2)cc2cnc(NC3CCC(N(C)C)CC3)nc12. The molecular formula is C30H36FN5O2S. The summed E-state index contributed by atoms with van der Waals surface area (Å²) in [4.78, 5) is 11.7. The highest BCUT2D eigenvalue weighted by Gasteiger charge is 2.40. The molecule has 0 spiro atoms. The summed E-state index contributed by atoms with van der Waals surface area (Å²) < 4.78 is 40.4. The summed E-state index contributed by atoms with van der Waals surface area (Å²) in [6.45, 7) is 2.04. The fourth-order valence-corrected chi connectivity index (χ4v) is 6.32. The van der Waals surface area contributed by atoms with Gasteiger partial charge in [0.05, 0.1) is 10.4 Å². The lowest BCUT2D eigenvalue weighted by Crippen LogP contribution is -2.36. The van der Waals surface area contributed by atoms with E-state index in [9.17, 15) is 8.42 Å². The second-order valence-corrected chi connectivity index (χ2v) is 12.4. The molecule has 2 aliphatic rings. The second-order valence-electron chi connectivity index (χ2n) is 10.8. The molecule has 3 N–H and O–H groups in total. The second kappa shape index (κ2) is 10.8. The number of nitrogens with two attached hydrogens (primary N) is 1. The Bertz CT molecular complexity index is 1510. The van der Waals surface area contributed by atoms with E-state index in [0.29, 0.717) is 35.6 Å². The number of aromatic nitrogens is 2. The van der Waals surface area contributed by atoms with E-state index in [1.807, 2.05) is 25.1 Å². The molecule has 1 fully saturated rings. The van der Waals surface area contributed by atoms with E-state index in [1.165, 1.54) is 12.1 Å². The first kappa shape index (κ1) is 27.4. The Morgan fingerprint density at radius 2 is 1.82 bits per heavy atom. The molecule has 5 rings (SSSR count). The van der Waals surface area contributed by atoms with Gasteiger partial charge in [-0.2, -0.15) is 0 Å². The van der Waals surface area contributed by atoms with E-state index in [1.54, 1.807) is 36.6 Å². The number of fused-ring (bicyclic) bond motifs is 1. The Labute approximate surface area is 230 Å². The van der Waals surface area contributed by atoms with Crippen LogP contribution in [0.25, 0.3) is 10.9 Å². The number of nitrogens with zero attached hydrogens (tertiary/aromatic N) is 3. The summed E-state index contributed by atoms with van der Waals surface area (Å²) >= 11 is 0. The molecule has 0 radical (unpaired) electrons. The minimum absolute atomic E-state index is 0.00248. The van der Waals surface area contributed by atoms with Crippen LogP contribution in [0.3, 0.4) is 0 Å². The molecule has 3 aromatic rings. The fraction of sp³-hybridized carbons (Fsp3) is 0.400. The molecule has 7 nitrogen and oxygen atoms in total. The Hall–Kier alpha value is -3.14. The summed E-state index contributed by atoms with van der Waals surface area (Å²) in [6.07, 6.45) is 13.8. The molecule has 1 heterocycles. The molecular weight excluding hydrogens is 513 g/mol. The summed E-state index contributed by atoms with van der Waals surface area (Å²) in [6, 6.07) is 10.8. The maximum atomic E-state index is 17.0. The molecule has 2 aliphatic carbocycles. The summed E-state index contributed by atoms with van der Waals surface area (Å²) in [5, 5.41) is 9.56. The Morgan fingerprint density at radius 1 is 1.10 bits per heavy atom. The van der Waals surface area contributed by atoms with Crippen molar-refractivity contribution in [2.75, 3.05) is 19.4 Å². The van der Waals surface area contributed by atoms with Crippen LogP contribution in [-0.4, -0.2) is 49.5 Å². The zero-order valence-corrected chi connectivity index (χ0v) is 23.5. The third kappa shape index (κ3) is 5.62. The van der Waals surface area contributed by atoms with Crippen molar-refractivity contribution in [3.63, 3.8) is 0 Å². The maximum absolute atomic E-state index is 17.0. The quantitative estimate of drug-likeness (QED) is 0.420. The van der Waals surface area contributed by atoms with Gasteiger partial charge in [-0.15, -0.1) is 0 Å². The van der Waals surface area contributed by atoms with Crippen molar-refractivity contribution in [3.8, 4) is 0 Å². The number of allylic oxidation sites excluding steroid dienone is 4. The lowest BCUT2D eigenvalue weighted by molar-refractivity contribution is 0.207. The minimum atomic E-state index is -3.83. The highest BCUT2D eigenvalue weighted by atomic mass is 32.2. The number of hydrogen-bond acceptors (Lipinski definition) is 6. The van der Waals surface area contributed by atoms with Crippen LogP contribution in [0.5, 0.6) is 0 Å². The van der Waals surface area contributed by atoms with Crippen molar-refractivity contribution >= 4 is 26.9 Å². The molecule has 2 atom stereocenters. The van der Waals surface area contributed by atoms with Gasteiger partial charge in [0.25, 0.3) is 0 Å². The van der Waals surface area contributed by atoms with E-state index < -0.39 is 21.6 Å². The Morgan fingerprint density at radius 3 is 2.46 bits per heavy atom. The smallest absolute Gasteiger partial charge is 0.238 e. The van der Waals surface area contributed by atoms with Crippen molar-refractivity contribution in [1.29, 1.82) is 0 Å². The third-order valence-electron chi connectivity index (χ3n) is 8.12. The Kier molecular flexibility index (Phi) is 7.59. The zero-order chi connectivity index (χ0) is 27.8. The van der Waals surface area contributed by atoms with Crippen LogP contribution in [0.2, 0.25) is 0 Å². The van der Waals surface area contributed by atoms with Crippen molar-refractivity contribution in [2.24, 2.45) is 5.14 Å². The predicted molar refractivity (Wildman–Crippen MR) is 154 cm³/mol. The van der Waals surface area contributed by atoms with Gasteiger partial charge >= 0.3 is 0 Å². The first-order valence-corrected chi connectivity index (χ1v) is 15.0. The highest BCUT2D eigenvalue weighted by molar-refractivity contribution is 7.89. The van der Waals surface area contributed by atoms with Gasteiger partial charge in [-0.3, -0.25) is 0 Å². The van der Waals surface area contributed by atoms with E-state index in [2.05, 4.69) is 29.3 Å². The van der Waals surface area contributed by atoms with Crippen LogP contribution >= 0.6 is 0 Å². The number of benzene rings is 2. The van der Waals surface area contributed by atoms with Crippen molar-refractivity contribution in [1.82, 2.24) is 14.9 Å². The fourth-order valence-electron chi connectivity index (χ4n) is 5.81. The van der Waals surface area contributed by atoms with Gasteiger partial charge in [-0.1, -0.05) is 43.4 Å². The van der Waals surface area contributed by atoms with Crippen LogP contribution in [0.1, 0.15) is 55.2 Å². The van der Waals surface area contributed by atoms with E-state index in [0.717, 1.165) is 42.1 Å². The number of rotatable bonds is 7. The number of nitrogens with one attached hydrogen (secondary N) is 1. The van der Waals surface area contributed by atoms with Gasteiger partial charge in [0.2, 0.25) is 16.0 Å². The molecule has 1 aromatic heterocycles. The molecule has 39 heavy (non-hydrogen) atoms. The van der Waals surface area contributed by atoms with Crippen LogP contribution in [0, 0.1) is 0 Å². The van der Waals surface area contributed by atoms with Gasteiger partial charge in [0, 0.05) is 29.6 Å². The van der Waals surface area contributed by atoms with Gasteiger partial charge in [0.1, 0.15) is 0 Å². The van der Waals surface area contributed by atoms with Gasteiger partial charge in [0.15, 0.2) is 5.67 Å². The minimum Gasteiger partial charge on any atom is -0.351 e. The average molecular weight is 550 g/mol. The van der Waals surface area contributed by atoms with Crippen LogP contribution in [0.4, 0.5) is 10.3 Å². The molecule has 0 bridgehead atoms. The van der Waals surface area contributed by atoms with Crippen LogP contribution in [-0.2, 0) is 22.1 Å². The molecule has 0 amide bonds. The van der Waals surface area contributed by atoms with Crippen molar-refractivity contribution in [3.05, 3.63) is 83.6 Å². The number of primary sulfonamides is 1. The summed E-state index contributed by atoms with van der Waals surface area (Å²) in [7, 11) is 0.445. The number of halogens is 1. The van der Waals surface area contributed by atoms with E-state index in [4.69, 9.17) is 10.1 Å². The van der Waals surface area contributed by atoms with Crippen molar-refractivity contribution in [2.45, 2.75) is 67.6 Å². The third-order valence-corrected chi connectivity index (χ3v) is 9.05. The van der Waals surface area contributed by atoms with Crippen LogP contribution in [0.15, 0.2) is 71.8 Å². The molecule has 1 saturated carbocycles. The molecule has 9 heteroatoms. The number of aryl methyl sites for hydroxylation is 1. The first-order chi connectivity index (χ1) is 18.6. The molecule has 206 valence electrons. The summed E-state index contributed by atoms with van der Waals surface area (Å²) in [5.41, 5.74) is 1.11. The molecule has 2 aromatic carbocycles. The largest absolute Gasteiger partial charge is 0.351 e.